The first-order chi connectivity index (χ1) is 18.5. The smallest absolute Gasteiger partial charge is 0.227 e. The molecule has 0 aliphatic heterocycles. The van der Waals surface area contributed by atoms with Crippen molar-refractivity contribution in [1.82, 2.24) is 15.1 Å². The molecule has 1 aromatic heterocycles. The van der Waals surface area contributed by atoms with Crippen LogP contribution in [0.25, 0.3) is 10.6 Å². The van der Waals surface area contributed by atoms with Crippen molar-refractivity contribution in [2.75, 3.05) is 11.9 Å². The van der Waals surface area contributed by atoms with Gasteiger partial charge in [-0.3, -0.25) is 9.59 Å². The number of hydrogen-bond acceptors (Lipinski definition) is 5. The molecule has 0 unspecified atom stereocenters. The second-order valence-electron chi connectivity index (χ2n) is 9.60. The fourth-order valence-electron chi connectivity index (χ4n) is 4.27. The summed E-state index contributed by atoms with van der Waals surface area (Å²) in [5.74, 6) is -0.0617. The first-order valence-corrected chi connectivity index (χ1v) is 15.4. The summed E-state index contributed by atoms with van der Waals surface area (Å²) < 4.78 is 0.960. The highest BCUT2D eigenvalue weighted by Gasteiger charge is 2.17. The number of unbranched alkanes of at least 4 members (excludes halogenated alkanes) is 8. The van der Waals surface area contributed by atoms with Crippen LogP contribution in [0.4, 0.5) is 5.13 Å². The van der Waals surface area contributed by atoms with Crippen molar-refractivity contribution in [2.45, 2.75) is 84.1 Å². The van der Waals surface area contributed by atoms with Crippen molar-refractivity contribution >= 4 is 44.2 Å². The van der Waals surface area contributed by atoms with Crippen LogP contribution in [0.2, 0.25) is 0 Å². The van der Waals surface area contributed by atoms with Crippen molar-refractivity contribution in [1.29, 1.82) is 0 Å². The standard InChI is InChI=1S/C30H39BrN4O2S/c1-2-3-4-5-6-7-8-9-13-19-28(37)35(23-24-15-11-10-12-16-24)21-20-27(36)32-30-34-33-29(38-30)25-17-14-18-26(31)22-25/h10-12,14-18,22H,2-9,13,19-21,23H2,1H3,(H,32,34,36). The number of nitrogens with one attached hydrogen (secondary N) is 1. The molecule has 2 amide bonds. The Morgan fingerprint density at radius 1 is 0.868 bits per heavy atom. The molecule has 1 N–H and O–H groups in total. The van der Waals surface area contributed by atoms with Crippen LogP contribution >= 0.6 is 27.3 Å². The van der Waals surface area contributed by atoms with Gasteiger partial charge in [-0.05, 0) is 24.1 Å². The van der Waals surface area contributed by atoms with Crippen molar-refractivity contribution in [3.8, 4) is 10.6 Å². The van der Waals surface area contributed by atoms with Gasteiger partial charge >= 0.3 is 0 Å². The van der Waals surface area contributed by atoms with Crippen LogP contribution in [-0.2, 0) is 16.1 Å². The average molecular weight is 600 g/mol. The molecule has 0 spiro atoms. The number of rotatable bonds is 17. The van der Waals surface area contributed by atoms with Gasteiger partial charge in [-0.25, -0.2) is 0 Å². The number of carbonyl (C=O) groups is 2. The number of nitrogens with zero attached hydrogens (tertiary/aromatic N) is 3. The lowest BCUT2D eigenvalue weighted by Crippen LogP contribution is -2.33. The number of carbonyl (C=O) groups excluding carboxylic acids is 2. The van der Waals surface area contributed by atoms with Gasteiger partial charge in [-0.1, -0.05) is 128 Å². The van der Waals surface area contributed by atoms with Crippen LogP contribution in [-0.4, -0.2) is 33.5 Å². The fraction of sp³-hybridized carbons (Fsp3) is 0.467. The number of benzene rings is 2. The first kappa shape index (κ1) is 30.0. The molecule has 0 bridgehead atoms. The molecule has 1 heterocycles. The minimum absolute atomic E-state index is 0.109. The summed E-state index contributed by atoms with van der Waals surface area (Å²) in [5, 5.41) is 12.4. The van der Waals surface area contributed by atoms with E-state index in [9.17, 15) is 9.59 Å². The molecular weight excluding hydrogens is 560 g/mol. The zero-order valence-corrected chi connectivity index (χ0v) is 24.7. The molecule has 0 radical (unpaired) electrons. The Kier molecular flexibility index (Phi) is 13.5. The summed E-state index contributed by atoms with van der Waals surface area (Å²) >= 11 is 4.80. The summed E-state index contributed by atoms with van der Waals surface area (Å²) in [6.07, 6.45) is 11.7. The molecular formula is C30H39BrN4O2S. The van der Waals surface area contributed by atoms with Gasteiger partial charge in [0.05, 0.1) is 0 Å². The van der Waals surface area contributed by atoms with E-state index >= 15 is 0 Å². The van der Waals surface area contributed by atoms with Gasteiger partial charge in [-0.15, -0.1) is 10.2 Å². The summed E-state index contributed by atoms with van der Waals surface area (Å²) in [6, 6.07) is 17.8. The van der Waals surface area contributed by atoms with Crippen LogP contribution < -0.4 is 5.32 Å². The van der Waals surface area contributed by atoms with Crippen LogP contribution in [0, 0.1) is 0 Å². The lowest BCUT2D eigenvalue weighted by molar-refractivity contribution is -0.132. The molecule has 3 rings (SSSR count). The molecule has 0 aliphatic carbocycles. The van der Waals surface area contributed by atoms with Gasteiger partial charge in [0, 0.05) is 36.0 Å². The zero-order valence-electron chi connectivity index (χ0n) is 22.3. The van der Waals surface area contributed by atoms with E-state index in [0.29, 0.717) is 24.6 Å². The summed E-state index contributed by atoms with van der Waals surface area (Å²) in [5.41, 5.74) is 2.00. The highest BCUT2D eigenvalue weighted by Crippen LogP contribution is 2.28. The molecule has 0 atom stereocenters. The number of hydrogen-bond donors (Lipinski definition) is 1. The molecule has 0 saturated carbocycles. The minimum Gasteiger partial charge on any atom is -0.338 e. The van der Waals surface area contributed by atoms with Crippen molar-refractivity contribution in [3.05, 3.63) is 64.6 Å². The number of anilines is 1. The van der Waals surface area contributed by atoms with Crippen LogP contribution in [0.3, 0.4) is 0 Å². The minimum atomic E-state index is -0.170. The molecule has 2 aromatic carbocycles. The fourth-order valence-corrected chi connectivity index (χ4v) is 5.43. The molecule has 0 aliphatic rings. The van der Waals surface area contributed by atoms with Gasteiger partial charge in [0.25, 0.3) is 0 Å². The third-order valence-corrected chi connectivity index (χ3v) is 7.80. The van der Waals surface area contributed by atoms with Crippen LogP contribution in [0.1, 0.15) is 83.1 Å². The summed E-state index contributed by atoms with van der Waals surface area (Å²) in [6.45, 7) is 3.12. The molecule has 8 heteroatoms. The molecule has 6 nitrogen and oxygen atoms in total. The Labute approximate surface area is 239 Å². The van der Waals surface area contributed by atoms with E-state index in [-0.39, 0.29) is 18.2 Å². The maximum Gasteiger partial charge on any atom is 0.227 e. The van der Waals surface area contributed by atoms with Crippen molar-refractivity contribution < 1.29 is 9.59 Å². The van der Waals surface area contributed by atoms with Gasteiger partial charge < -0.3 is 10.2 Å². The van der Waals surface area contributed by atoms with E-state index in [1.807, 2.05) is 59.5 Å². The largest absolute Gasteiger partial charge is 0.338 e. The zero-order chi connectivity index (χ0) is 27.0. The van der Waals surface area contributed by atoms with Crippen LogP contribution in [0.15, 0.2) is 59.1 Å². The number of halogens is 1. The maximum absolute atomic E-state index is 13.1. The lowest BCUT2D eigenvalue weighted by Gasteiger charge is -2.23. The predicted molar refractivity (Wildman–Crippen MR) is 160 cm³/mol. The van der Waals surface area contributed by atoms with E-state index < -0.39 is 0 Å². The Balaban J connectivity index is 1.46. The highest BCUT2D eigenvalue weighted by atomic mass is 79.9. The first-order valence-electron chi connectivity index (χ1n) is 13.8. The Hall–Kier alpha value is -2.58. The van der Waals surface area contributed by atoms with E-state index in [0.717, 1.165) is 33.4 Å². The molecule has 0 saturated heterocycles. The quantitative estimate of drug-likeness (QED) is 0.159. The normalized spacial score (nSPS) is 10.9. The maximum atomic E-state index is 13.1. The predicted octanol–water partition coefficient (Wildman–Crippen LogP) is 8.25. The van der Waals surface area contributed by atoms with Crippen molar-refractivity contribution in [3.63, 3.8) is 0 Å². The lowest BCUT2D eigenvalue weighted by atomic mass is 10.1. The molecule has 204 valence electrons. The number of amides is 2. The Bertz CT molecular complexity index is 1120. The second kappa shape index (κ2) is 17.1. The van der Waals surface area contributed by atoms with Crippen molar-refractivity contribution in [2.24, 2.45) is 0 Å². The van der Waals surface area contributed by atoms with Crippen LogP contribution in [0.5, 0.6) is 0 Å². The van der Waals surface area contributed by atoms with E-state index in [4.69, 9.17) is 0 Å². The van der Waals surface area contributed by atoms with Gasteiger partial charge in [0.2, 0.25) is 16.9 Å². The number of aromatic nitrogens is 2. The Morgan fingerprint density at radius 3 is 2.29 bits per heavy atom. The van der Waals surface area contributed by atoms with E-state index in [2.05, 4.69) is 38.4 Å². The SMILES string of the molecule is CCCCCCCCCCCC(=O)N(CCC(=O)Nc1nnc(-c2cccc(Br)c2)s1)Cc1ccccc1. The van der Waals surface area contributed by atoms with Gasteiger partial charge in [-0.2, -0.15) is 0 Å². The van der Waals surface area contributed by atoms with Gasteiger partial charge in [0.1, 0.15) is 5.01 Å². The molecule has 3 aromatic rings. The highest BCUT2D eigenvalue weighted by molar-refractivity contribution is 9.10. The third kappa shape index (κ3) is 11.0. The van der Waals surface area contributed by atoms with E-state index in [1.165, 1.54) is 56.3 Å². The summed E-state index contributed by atoms with van der Waals surface area (Å²) in [4.78, 5) is 27.6. The third-order valence-electron chi connectivity index (χ3n) is 6.41. The molecule has 0 fully saturated rings. The van der Waals surface area contributed by atoms with E-state index in [1.54, 1.807) is 0 Å². The monoisotopic (exact) mass is 598 g/mol. The summed E-state index contributed by atoms with van der Waals surface area (Å²) in [7, 11) is 0. The average Bonchev–Trinajstić information content (AvgIpc) is 3.39. The topological polar surface area (TPSA) is 75.2 Å². The van der Waals surface area contributed by atoms with Gasteiger partial charge in [0.15, 0.2) is 0 Å². The second-order valence-corrected chi connectivity index (χ2v) is 11.5. The Morgan fingerprint density at radius 2 is 1.58 bits per heavy atom. The molecule has 38 heavy (non-hydrogen) atoms.